The number of rotatable bonds is 2. The van der Waals surface area contributed by atoms with Crippen LogP contribution in [0, 0.1) is 0 Å². The molecule has 0 aliphatic heterocycles. The number of nitrogens with one attached hydrogen (secondary N) is 1. The third-order valence-corrected chi connectivity index (χ3v) is 2.79. The average Bonchev–Trinajstić information content (AvgIpc) is 2.96. The highest BCUT2D eigenvalue weighted by atomic mass is 32.2. The lowest BCUT2D eigenvalue weighted by Crippen LogP contribution is -2.08. The van der Waals surface area contributed by atoms with Crippen molar-refractivity contribution in [2.45, 2.75) is 5.16 Å². The van der Waals surface area contributed by atoms with E-state index in [1.807, 2.05) is 6.26 Å². The Morgan fingerprint density at radius 2 is 2.29 bits per heavy atom. The largest absolute Gasteiger partial charge is 0.472 e. The van der Waals surface area contributed by atoms with Crippen molar-refractivity contribution in [1.29, 1.82) is 0 Å². The standard InChI is InChI=1S/C10H7N3O3S/c1-17-10-12-7(14)6-9(13-10)16-8(11-6)5-2-3-15-4-5/h2-4H,1H3,(H,12,13,14). The van der Waals surface area contributed by atoms with Crippen LogP contribution in [-0.4, -0.2) is 21.2 Å². The lowest BCUT2D eigenvalue weighted by molar-refractivity contribution is 0.563. The molecular formula is C10H7N3O3S. The lowest BCUT2D eigenvalue weighted by atomic mass is 10.3. The summed E-state index contributed by atoms with van der Waals surface area (Å²) in [5.41, 5.74) is 0.791. The summed E-state index contributed by atoms with van der Waals surface area (Å²) in [7, 11) is 0. The van der Waals surface area contributed by atoms with Gasteiger partial charge in [-0.3, -0.25) is 9.78 Å². The quantitative estimate of drug-likeness (QED) is 0.551. The summed E-state index contributed by atoms with van der Waals surface area (Å²) in [5.74, 6) is 0.324. The number of hydrogen-bond donors (Lipinski definition) is 1. The second kappa shape index (κ2) is 3.77. The molecule has 0 saturated heterocycles. The van der Waals surface area contributed by atoms with Gasteiger partial charge in [0.15, 0.2) is 10.7 Å². The first-order chi connectivity index (χ1) is 8.28. The zero-order chi connectivity index (χ0) is 11.8. The molecular weight excluding hydrogens is 242 g/mol. The van der Waals surface area contributed by atoms with Crippen LogP contribution in [0.15, 0.2) is 37.4 Å². The molecule has 0 aromatic carbocycles. The Labute approximate surface area is 99.1 Å². The zero-order valence-corrected chi connectivity index (χ0v) is 9.58. The molecule has 3 heterocycles. The summed E-state index contributed by atoms with van der Waals surface area (Å²) < 4.78 is 10.3. The van der Waals surface area contributed by atoms with Crippen LogP contribution >= 0.6 is 11.8 Å². The van der Waals surface area contributed by atoms with Gasteiger partial charge in [-0.1, -0.05) is 11.8 Å². The molecule has 0 saturated carbocycles. The van der Waals surface area contributed by atoms with E-state index in [0.717, 1.165) is 0 Å². The maximum Gasteiger partial charge on any atom is 0.281 e. The van der Waals surface area contributed by atoms with Crippen LogP contribution in [0.4, 0.5) is 0 Å². The Balaban J connectivity index is 2.26. The third kappa shape index (κ3) is 1.64. The number of aromatic nitrogens is 3. The van der Waals surface area contributed by atoms with Crippen molar-refractivity contribution in [2.75, 3.05) is 6.26 Å². The van der Waals surface area contributed by atoms with E-state index in [1.165, 1.54) is 24.3 Å². The first kappa shape index (κ1) is 10.2. The van der Waals surface area contributed by atoms with Gasteiger partial charge in [0, 0.05) is 0 Å². The summed E-state index contributed by atoms with van der Waals surface area (Å²) in [6.45, 7) is 0. The smallest absolute Gasteiger partial charge is 0.281 e. The van der Waals surface area contributed by atoms with Crippen molar-refractivity contribution in [3.8, 4) is 11.5 Å². The molecule has 0 atom stereocenters. The van der Waals surface area contributed by atoms with Gasteiger partial charge in [0.2, 0.25) is 5.89 Å². The Morgan fingerprint density at radius 1 is 1.41 bits per heavy atom. The number of hydrogen-bond acceptors (Lipinski definition) is 6. The van der Waals surface area contributed by atoms with Crippen molar-refractivity contribution in [2.24, 2.45) is 0 Å². The van der Waals surface area contributed by atoms with Gasteiger partial charge in [-0.25, -0.2) is 4.98 Å². The molecule has 17 heavy (non-hydrogen) atoms. The van der Waals surface area contributed by atoms with Gasteiger partial charge in [-0.2, -0.15) is 4.98 Å². The van der Waals surface area contributed by atoms with E-state index in [0.29, 0.717) is 16.6 Å². The number of nitrogens with zero attached hydrogens (tertiary/aromatic N) is 2. The summed E-state index contributed by atoms with van der Waals surface area (Å²) in [4.78, 5) is 22.5. The molecule has 0 unspecified atom stereocenters. The molecule has 0 bridgehead atoms. The summed E-state index contributed by atoms with van der Waals surface area (Å²) in [6, 6.07) is 1.70. The fourth-order valence-electron chi connectivity index (χ4n) is 1.42. The number of thioether (sulfide) groups is 1. The number of aromatic amines is 1. The maximum atomic E-state index is 11.7. The van der Waals surface area contributed by atoms with Crippen molar-refractivity contribution in [3.05, 3.63) is 28.9 Å². The minimum atomic E-state index is -0.308. The predicted octanol–water partition coefficient (Wildman–Crippen LogP) is 1.89. The van der Waals surface area contributed by atoms with E-state index in [4.69, 9.17) is 8.83 Å². The zero-order valence-electron chi connectivity index (χ0n) is 8.76. The van der Waals surface area contributed by atoms with Crippen LogP contribution in [-0.2, 0) is 0 Å². The van der Waals surface area contributed by atoms with E-state index < -0.39 is 0 Å². The van der Waals surface area contributed by atoms with Crippen molar-refractivity contribution < 1.29 is 8.83 Å². The SMILES string of the molecule is CSc1nc2oc(-c3ccoc3)nc2c(=O)[nH]1. The molecule has 0 amide bonds. The van der Waals surface area contributed by atoms with Gasteiger partial charge in [0.25, 0.3) is 11.3 Å². The molecule has 3 rings (SSSR count). The summed E-state index contributed by atoms with van der Waals surface area (Å²) in [6.07, 6.45) is 4.82. The van der Waals surface area contributed by atoms with Crippen LogP contribution < -0.4 is 5.56 Å². The maximum absolute atomic E-state index is 11.7. The van der Waals surface area contributed by atoms with Crippen LogP contribution in [0.3, 0.4) is 0 Å². The lowest BCUT2D eigenvalue weighted by Gasteiger charge is -1.91. The van der Waals surface area contributed by atoms with Crippen LogP contribution in [0.2, 0.25) is 0 Å². The van der Waals surface area contributed by atoms with E-state index in [1.54, 1.807) is 6.07 Å². The van der Waals surface area contributed by atoms with Crippen LogP contribution in [0.5, 0.6) is 0 Å². The van der Waals surface area contributed by atoms with Gasteiger partial charge in [-0.05, 0) is 12.3 Å². The minimum Gasteiger partial charge on any atom is -0.472 e. The van der Waals surface area contributed by atoms with Crippen molar-refractivity contribution in [3.63, 3.8) is 0 Å². The molecule has 0 spiro atoms. The predicted molar refractivity (Wildman–Crippen MR) is 61.9 cm³/mol. The molecule has 0 fully saturated rings. The van der Waals surface area contributed by atoms with E-state index in [2.05, 4.69) is 15.0 Å². The highest BCUT2D eigenvalue weighted by Crippen LogP contribution is 2.22. The monoisotopic (exact) mass is 249 g/mol. The second-order valence-corrected chi connectivity index (χ2v) is 4.05. The molecule has 3 aromatic rings. The minimum absolute atomic E-state index is 0.194. The first-order valence-electron chi connectivity index (χ1n) is 4.75. The summed E-state index contributed by atoms with van der Waals surface area (Å²) in [5, 5.41) is 0.498. The number of oxazole rings is 1. The second-order valence-electron chi connectivity index (χ2n) is 3.26. The molecule has 3 aromatic heterocycles. The first-order valence-corrected chi connectivity index (χ1v) is 5.98. The highest BCUT2D eigenvalue weighted by Gasteiger charge is 2.14. The van der Waals surface area contributed by atoms with Crippen LogP contribution in [0.1, 0.15) is 0 Å². The van der Waals surface area contributed by atoms with E-state index >= 15 is 0 Å². The Morgan fingerprint density at radius 3 is 3.00 bits per heavy atom. The fourth-order valence-corrected chi connectivity index (χ4v) is 1.79. The molecule has 6 nitrogen and oxygen atoms in total. The van der Waals surface area contributed by atoms with Gasteiger partial charge in [-0.15, -0.1) is 0 Å². The third-order valence-electron chi connectivity index (χ3n) is 2.21. The number of furan rings is 1. The number of fused-ring (bicyclic) bond motifs is 1. The van der Waals surface area contributed by atoms with Crippen molar-refractivity contribution in [1.82, 2.24) is 15.0 Å². The number of H-pyrrole nitrogens is 1. The van der Waals surface area contributed by atoms with Gasteiger partial charge in [0.1, 0.15) is 6.26 Å². The summed E-state index contributed by atoms with van der Waals surface area (Å²) >= 11 is 1.33. The van der Waals surface area contributed by atoms with Gasteiger partial charge in [0.05, 0.1) is 11.8 Å². The molecule has 0 aliphatic rings. The topological polar surface area (TPSA) is 84.9 Å². The van der Waals surface area contributed by atoms with Gasteiger partial charge < -0.3 is 8.83 Å². The van der Waals surface area contributed by atoms with Crippen LogP contribution in [0.25, 0.3) is 22.7 Å². The molecule has 86 valence electrons. The molecule has 0 aliphatic carbocycles. The Kier molecular flexibility index (Phi) is 2.25. The van der Waals surface area contributed by atoms with Crippen molar-refractivity contribution >= 4 is 23.0 Å². The normalized spacial score (nSPS) is 11.1. The average molecular weight is 249 g/mol. The molecule has 7 heteroatoms. The fraction of sp³-hybridized carbons (Fsp3) is 0.100. The van der Waals surface area contributed by atoms with E-state index in [9.17, 15) is 4.79 Å². The molecule has 1 N–H and O–H groups in total. The van der Waals surface area contributed by atoms with E-state index in [-0.39, 0.29) is 16.8 Å². The highest BCUT2D eigenvalue weighted by molar-refractivity contribution is 7.98. The molecule has 0 radical (unpaired) electrons. The van der Waals surface area contributed by atoms with Gasteiger partial charge >= 0.3 is 0 Å². The Hall–Kier alpha value is -2.02. The Bertz CT molecular complexity index is 714.